The fraction of sp³-hybridized carbons (Fsp3) is 0.304. The Hall–Kier alpha value is -4.52. The van der Waals surface area contributed by atoms with Gasteiger partial charge in [-0.05, 0) is 35.7 Å². The molecule has 2 rings (SSSR count). The van der Waals surface area contributed by atoms with E-state index in [0.717, 1.165) is 0 Å². The highest BCUT2D eigenvalue weighted by molar-refractivity contribution is 5.71. The van der Waals surface area contributed by atoms with E-state index < -0.39 is 29.3 Å². The molecule has 0 aliphatic heterocycles. The van der Waals surface area contributed by atoms with Crippen LogP contribution in [-0.4, -0.2) is 60.0 Å². The molecule has 3 atom stereocenters. The average Bonchev–Trinajstić information content (AvgIpc) is 2.86. The summed E-state index contributed by atoms with van der Waals surface area (Å²) in [4.78, 5) is 55.0. The smallest absolute Gasteiger partial charge is 0.465 e. The van der Waals surface area contributed by atoms with Gasteiger partial charge in [-0.25, -0.2) is 9.59 Å². The number of amides is 1. The number of hydrogen-bond donors (Lipinski definition) is 4. The molecule has 2 aromatic rings. The van der Waals surface area contributed by atoms with E-state index in [9.17, 15) is 29.3 Å². The van der Waals surface area contributed by atoms with Gasteiger partial charge < -0.3 is 40.1 Å². The number of carbonyl (C=O) groups excluding carboxylic acids is 3. The maximum Gasteiger partial charge on any atom is 0.514 e. The number of nitro benzene ring substituents is 1. The Bertz CT molecular complexity index is 1040. The van der Waals surface area contributed by atoms with Crippen molar-refractivity contribution in [3.8, 4) is 5.75 Å². The zero-order valence-electron chi connectivity index (χ0n) is 19.3. The Labute approximate surface area is 205 Å². The van der Waals surface area contributed by atoms with Gasteiger partial charge in [0.25, 0.3) is 5.69 Å². The third-order valence-corrected chi connectivity index (χ3v) is 5.00. The van der Waals surface area contributed by atoms with Gasteiger partial charge in [0.2, 0.25) is 0 Å². The number of benzene rings is 2. The zero-order chi connectivity index (χ0) is 26.5. The first-order valence-corrected chi connectivity index (χ1v) is 10.8. The first-order valence-electron chi connectivity index (χ1n) is 10.8. The lowest BCUT2D eigenvalue weighted by Gasteiger charge is -2.21. The highest BCUT2D eigenvalue weighted by atomic mass is 16.7. The summed E-state index contributed by atoms with van der Waals surface area (Å²) < 4.78 is 10.00. The summed E-state index contributed by atoms with van der Waals surface area (Å²) in [6.07, 6.45) is -1.05. The van der Waals surface area contributed by atoms with Crippen molar-refractivity contribution in [1.82, 2.24) is 10.6 Å². The minimum atomic E-state index is -1.30. The summed E-state index contributed by atoms with van der Waals surface area (Å²) >= 11 is 0. The van der Waals surface area contributed by atoms with Crippen molar-refractivity contribution < 1.29 is 38.7 Å². The Balaban J connectivity index is 1.75. The van der Waals surface area contributed by atoms with Crippen LogP contribution < -0.4 is 20.7 Å². The molecule has 0 radical (unpaired) electrons. The summed E-state index contributed by atoms with van der Waals surface area (Å²) in [5, 5.41) is 27.6. The number of hydrogen-bond acceptors (Lipinski definition) is 10. The van der Waals surface area contributed by atoms with E-state index in [1.807, 2.05) is 0 Å². The largest absolute Gasteiger partial charge is 0.514 e. The lowest BCUT2D eigenvalue weighted by molar-refractivity contribution is -0.384. The highest BCUT2D eigenvalue weighted by Crippen LogP contribution is 2.18. The van der Waals surface area contributed by atoms with Crippen LogP contribution in [0.2, 0.25) is 0 Å². The molecule has 0 aromatic heterocycles. The van der Waals surface area contributed by atoms with Crippen LogP contribution in [0.3, 0.4) is 0 Å². The van der Waals surface area contributed by atoms with Crippen LogP contribution in [0.25, 0.3) is 0 Å². The molecule has 2 aromatic carbocycles. The standard InChI is InChI=1S/C23H26N4O9/c1-15(21(13-29)26-22(30)31)10-24-18(12-28)11-25-17-4-2-16(3-5-17)14-35-23(32)36-20-8-6-19(7-9-20)27(33)34/h2-9,12-13,15,18,21,24-26H,10-11,14H2,1H3,(H,30,31)/t15-,18-,21?/m0/s1. The van der Waals surface area contributed by atoms with Crippen molar-refractivity contribution in [3.63, 3.8) is 0 Å². The molecule has 36 heavy (non-hydrogen) atoms. The van der Waals surface area contributed by atoms with E-state index in [1.54, 1.807) is 31.2 Å². The summed E-state index contributed by atoms with van der Waals surface area (Å²) in [6.45, 7) is 2.09. The van der Waals surface area contributed by atoms with E-state index >= 15 is 0 Å². The molecule has 13 nitrogen and oxygen atoms in total. The number of nitro groups is 1. The van der Waals surface area contributed by atoms with Crippen molar-refractivity contribution in [2.45, 2.75) is 25.6 Å². The molecule has 192 valence electrons. The van der Waals surface area contributed by atoms with Gasteiger partial charge in [-0.3, -0.25) is 10.1 Å². The molecular weight excluding hydrogens is 476 g/mol. The Morgan fingerprint density at radius 1 is 1.06 bits per heavy atom. The third kappa shape index (κ3) is 9.38. The van der Waals surface area contributed by atoms with Gasteiger partial charge in [-0.2, -0.15) is 0 Å². The number of rotatable bonds is 14. The normalized spacial score (nSPS) is 12.9. The maximum absolute atomic E-state index is 11.8. The minimum absolute atomic E-state index is 0.0647. The van der Waals surface area contributed by atoms with Crippen molar-refractivity contribution in [2.75, 3.05) is 18.4 Å². The predicted octanol–water partition coefficient (Wildman–Crippen LogP) is 2.35. The number of anilines is 1. The monoisotopic (exact) mass is 502 g/mol. The number of ether oxygens (including phenoxy) is 2. The highest BCUT2D eigenvalue weighted by Gasteiger charge is 2.19. The van der Waals surface area contributed by atoms with Crippen LogP contribution in [0.5, 0.6) is 5.75 Å². The third-order valence-electron chi connectivity index (χ3n) is 5.00. The van der Waals surface area contributed by atoms with Gasteiger partial charge in [0.05, 0.1) is 17.0 Å². The Morgan fingerprint density at radius 2 is 1.72 bits per heavy atom. The second kappa shape index (κ2) is 14.0. The van der Waals surface area contributed by atoms with E-state index in [4.69, 9.17) is 14.6 Å². The second-order valence-corrected chi connectivity index (χ2v) is 7.71. The number of nitrogens with one attached hydrogen (secondary N) is 3. The molecule has 0 spiro atoms. The SMILES string of the molecule is C[C@@H](CN[C@H](C=O)CNc1ccc(COC(=O)Oc2ccc([N+](=O)[O-])cc2)cc1)C(C=O)NC(=O)O. The maximum atomic E-state index is 11.8. The molecule has 13 heteroatoms. The van der Waals surface area contributed by atoms with Gasteiger partial charge >= 0.3 is 12.2 Å². The summed E-state index contributed by atoms with van der Waals surface area (Å²) in [5.74, 6) is -0.259. The van der Waals surface area contributed by atoms with Crippen molar-refractivity contribution in [2.24, 2.45) is 5.92 Å². The van der Waals surface area contributed by atoms with Crippen molar-refractivity contribution in [1.29, 1.82) is 0 Å². The van der Waals surface area contributed by atoms with Gasteiger partial charge in [-0.15, -0.1) is 0 Å². The number of aldehydes is 2. The number of carboxylic acid groups (broad SMARTS) is 1. The van der Waals surface area contributed by atoms with Gasteiger partial charge in [0, 0.05) is 30.9 Å². The predicted molar refractivity (Wildman–Crippen MR) is 127 cm³/mol. The average molecular weight is 502 g/mol. The van der Waals surface area contributed by atoms with Gasteiger partial charge in [0.1, 0.15) is 24.9 Å². The van der Waals surface area contributed by atoms with Gasteiger partial charge in [0.15, 0.2) is 0 Å². The molecule has 0 saturated carbocycles. The summed E-state index contributed by atoms with van der Waals surface area (Å²) in [7, 11) is 0. The number of carbonyl (C=O) groups is 4. The summed E-state index contributed by atoms with van der Waals surface area (Å²) in [6, 6.07) is 10.4. The Kier molecular flexibility index (Phi) is 10.8. The first-order chi connectivity index (χ1) is 17.2. The van der Waals surface area contributed by atoms with Crippen LogP contribution in [0.1, 0.15) is 12.5 Å². The molecule has 1 amide bonds. The molecule has 1 unspecified atom stereocenters. The van der Waals surface area contributed by atoms with E-state index in [0.29, 0.717) is 23.8 Å². The van der Waals surface area contributed by atoms with Gasteiger partial charge in [-0.1, -0.05) is 19.1 Å². The van der Waals surface area contributed by atoms with E-state index in [1.165, 1.54) is 24.3 Å². The minimum Gasteiger partial charge on any atom is -0.465 e. The van der Waals surface area contributed by atoms with Crippen LogP contribution in [-0.2, 0) is 20.9 Å². The molecule has 0 saturated heterocycles. The van der Waals surface area contributed by atoms with E-state index in [-0.39, 0.29) is 37.1 Å². The molecule has 0 heterocycles. The van der Waals surface area contributed by atoms with Crippen LogP contribution in [0.4, 0.5) is 21.0 Å². The lowest BCUT2D eigenvalue weighted by Crippen LogP contribution is -2.46. The topological polar surface area (TPSA) is 186 Å². The number of non-ortho nitro benzene ring substituents is 1. The van der Waals surface area contributed by atoms with Crippen molar-refractivity contribution >= 4 is 36.2 Å². The van der Waals surface area contributed by atoms with Crippen LogP contribution >= 0.6 is 0 Å². The van der Waals surface area contributed by atoms with Crippen molar-refractivity contribution in [3.05, 3.63) is 64.2 Å². The Morgan fingerprint density at radius 3 is 2.28 bits per heavy atom. The molecule has 0 aliphatic carbocycles. The van der Waals surface area contributed by atoms with Crippen LogP contribution in [0.15, 0.2) is 48.5 Å². The fourth-order valence-electron chi connectivity index (χ4n) is 2.94. The molecule has 4 N–H and O–H groups in total. The molecule has 0 bridgehead atoms. The quantitative estimate of drug-likeness (QED) is 0.0976. The molecule has 0 fully saturated rings. The van der Waals surface area contributed by atoms with E-state index in [2.05, 4.69) is 16.0 Å². The van der Waals surface area contributed by atoms with Crippen LogP contribution in [0, 0.1) is 16.0 Å². The zero-order valence-corrected chi connectivity index (χ0v) is 19.3. The summed E-state index contributed by atoms with van der Waals surface area (Å²) in [5.41, 5.74) is 1.24. The molecule has 0 aliphatic rings. The molecular formula is C23H26N4O9. The fourth-order valence-corrected chi connectivity index (χ4v) is 2.94. The second-order valence-electron chi connectivity index (χ2n) is 7.71. The lowest BCUT2D eigenvalue weighted by atomic mass is 10.0. The first kappa shape index (κ1) is 27.7. The number of nitrogens with zero attached hydrogens (tertiary/aromatic N) is 1.